The van der Waals surface area contributed by atoms with Gasteiger partial charge in [0.05, 0.1) is 28.2 Å². The molecule has 0 spiro atoms. The largest absolute Gasteiger partial charge is 0.493 e. The summed E-state index contributed by atoms with van der Waals surface area (Å²) in [5.74, 6) is 2.30. The number of non-ortho nitro benzene ring substituents is 1. The van der Waals surface area contributed by atoms with Gasteiger partial charge in [0.2, 0.25) is 11.8 Å². The van der Waals surface area contributed by atoms with Crippen LogP contribution in [0.25, 0.3) is 0 Å². The van der Waals surface area contributed by atoms with Crippen molar-refractivity contribution in [2.75, 3.05) is 6.61 Å². The van der Waals surface area contributed by atoms with Gasteiger partial charge >= 0.3 is 0 Å². The molecule has 34 heavy (non-hydrogen) atoms. The molecule has 1 aliphatic heterocycles. The minimum absolute atomic E-state index is 0.0601. The zero-order valence-corrected chi connectivity index (χ0v) is 19.8. The van der Waals surface area contributed by atoms with E-state index in [0.29, 0.717) is 36.8 Å². The third-order valence-electron chi connectivity index (χ3n) is 5.07. The Labute approximate surface area is 203 Å². The van der Waals surface area contributed by atoms with Crippen LogP contribution in [0.4, 0.5) is 10.5 Å². The lowest BCUT2D eigenvalue weighted by atomic mass is 10.1. The van der Waals surface area contributed by atoms with Gasteiger partial charge < -0.3 is 9.15 Å². The van der Waals surface area contributed by atoms with Gasteiger partial charge in [0.25, 0.3) is 10.9 Å². The Bertz CT molecular complexity index is 1190. The average molecular weight is 500 g/mol. The monoisotopic (exact) mass is 499 g/mol. The summed E-state index contributed by atoms with van der Waals surface area (Å²) < 4.78 is 11.6. The van der Waals surface area contributed by atoms with E-state index >= 15 is 0 Å². The highest BCUT2D eigenvalue weighted by molar-refractivity contribution is 8.15. The van der Waals surface area contributed by atoms with Crippen LogP contribution in [0.2, 0.25) is 0 Å². The number of nitrogens with one attached hydrogen (secondary N) is 1. The number of nitro benzene ring substituents is 1. The molecule has 1 atom stereocenters. The molecule has 0 bridgehead atoms. The SMILES string of the molecule is Cc1oc(CSc2ccc([N+](=O)[O-])cc2)nc1CCOc1ccc(CC2SC(=O)NC2=O)cc1. The Morgan fingerprint density at radius 2 is 1.91 bits per heavy atom. The minimum Gasteiger partial charge on any atom is -0.493 e. The summed E-state index contributed by atoms with van der Waals surface area (Å²) in [6, 6.07) is 13.8. The highest BCUT2D eigenvalue weighted by atomic mass is 32.2. The molecular weight excluding hydrogens is 478 g/mol. The van der Waals surface area contributed by atoms with Crippen molar-refractivity contribution >= 4 is 40.4 Å². The number of hydrogen-bond donors (Lipinski definition) is 1. The molecule has 1 aliphatic rings. The van der Waals surface area contributed by atoms with E-state index in [4.69, 9.17) is 9.15 Å². The van der Waals surface area contributed by atoms with Gasteiger partial charge in [-0.1, -0.05) is 23.9 Å². The molecule has 1 saturated heterocycles. The summed E-state index contributed by atoms with van der Waals surface area (Å²) in [5, 5.41) is 12.4. The van der Waals surface area contributed by atoms with E-state index in [9.17, 15) is 19.7 Å². The van der Waals surface area contributed by atoms with Gasteiger partial charge in [0.1, 0.15) is 11.5 Å². The maximum atomic E-state index is 11.7. The number of carbonyl (C=O) groups excluding carboxylic acids is 2. The second kappa shape index (κ2) is 10.7. The molecule has 1 aromatic heterocycles. The van der Waals surface area contributed by atoms with Crippen LogP contribution in [-0.4, -0.2) is 32.9 Å². The number of rotatable bonds is 10. The topological polar surface area (TPSA) is 125 Å². The predicted molar refractivity (Wildman–Crippen MR) is 128 cm³/mol. The molecule has 1 unspecified atom stereocenters. The summed E-state index contributed by atoms with van der Waals surface area (Å²) in [5.41, 5.74) is 1.84. The highest BCUT2D eigenvalue weighted by Crippen LogP contribution is 2.26. The van der Waals surface area contributed by atoms with Crippen LogP contribution in [0.15, 0.2) is 57.8 Å². The molecule has 11 heteroatoms. The summed E-state index contributed by atoms with van der Waals surface area (Å²) in [6.45, 7) is 2.29. The van der Waals surface area contributed by atoms with Crippen LogP contribution in [0.5, 0.6) is 5.75 Å². The summed E-state index contributed by atoms with van der Waals surface area (Å²) in [6.07, 6.45) is 1.07. The Hall–Kier alpha value is -3.31. The number of amides is 2. The number of nitrogens with zero attached hydrogens (tertiary/aromatic N) is 2. The number of oxazole rings is 1. The molecule has 2 heterocycles. The highest BCUT2D eigenvalue weighted by Gasteiger charge is 2.31. The molecule has 2 aromatic carbocycles. The first kappa shape index (κ1) is 23.8. The normalized spacial score (nSPS) is 15.4. The number of aryl methyl sites for hydroxylation is 1. The summed E-state index contributed by atoms with van der Waals surface area (Å²) in [4.78, 5) is 38.7. The number of benzene rings is 2. The molecule has 0 saturated carbocycles. The molecule has 1 fully saturated rings. The van der Waals surface area contributed by atoms with Crippen molar-refractivity contribution in [1.82, 2.24) is 10.3 Å². The number of hydrogen-bond acceptors (Lipinski definition) is 9. The molecule has 2 amide bonds. The number of ether oxygens (including phenoxy) is 1. The summed E-state index contributed by atoms with van der Waals surface area (Å²) in [7, 11) is 0. The minimum atomic E-state index is -0.423. The average Bonchev–Trinajstić information content (AvgIpc) is 3.33. The third-order valence-corrected chi connectivity index (χ3v) is 7.04. The smallest absolute Gasteiger partial charge is 0.286 e. The van der Waals surface area contributed by atoms with Crippen LogP contribution in [-0.2, 0) is 23.4 Å². The standard InChI is InChI=1S/C23H21N3O6S2/c1-14-19(24-21(32-14)13-33-18-8-4-16(5-9-18)26(29)30)10-11-31-17-6-2-15(3-7-17)12-20-22(27)25-23(28)34-20/h2-9,20H,10-13H2,1H3,(H,25,27,28). The van der Waals surface area contributed by atoms with Crippen molar-refractivity contribution in [1.29, 1.82) is 0 Å². The first-order valence-electron chi connectivity index (χ1n) is 10.4. The van der Waals surface area contributed by atoms with Crippen LogP contribution < -0.4 is 10.1 Å². The zero-order chi connectivity index (χ0) is 24.1. The lowest BCUT2D eigenvalue weighted by Crippen LogP contribution is -2.25. The first-order chi connectivity index (χ1) is 16.4. The van der Waals surface area contributed by atoms with Crippen molar-refractivity contribution in [2.24, 2.45) is 0 Å². The van der Waals surface area contributed by atoms with E-state index in [1.807, 2.05) is 31.2 Å². The van der Waals surface area contributed by atoms with Gasteiger partial charge in [-0.3, -0.25) is 25.0 Å². The van der Waals surface area contributed by atoms with Crippen LogP contribution in [0.1, 0.15) is 22.9 Å². The molecule has 3 aromatic rings. The molecule has 176 valence electrons. The second-order valence-electron chi connectivity index (χ2n) is 7.48. The van der Waals surface area contributed by atoms with Gasteiger partial charge in [0.15, 0.2) is 0 Å². The first-order valence-corrected chi connectivity index (χ1v) is 12.3. The fraction of sp³-hybridized carbons (Fsp3) is 0.261. The number of aromatic nitrogens is 1. The van der Waals surface area contributed by atoms with E-state index in [2.05, 4.69) is 10.3 Å². The lowest BCUT2D eigenvalue weighted by molar-refractivity contribution is -0.384. The molecular formula is C23H21N3O6S2. The molecule has 9 nitrogen and oxygen atoms in total. The zero-order valence-electron chi connectivity index (χ0n) is 18.2. The molecule has 4 rings (SSSR count). The van der Waals surface area contributed by atoms with E-state index in [0.717, 1.165) is 33.7 Å². The number of thioether (sulfide) groups is 2. The van der Waals surface area contributed by atoms with Gasteiger partial charge in [-0.05, 0) is 43.2 Å². The Balaban J connectivity index is 1.23. The second-order valence-corrected chi connectivity index (χ2v) is 9.70. The third kappa shape index (κ3) is 6.17. The lowest BCUT2D eigenvalue weighted by Gasteiger charge is -2.08. The van der Waals surface area contributed by atoms with E-state index in [1.54, 1.807) is 12.1 Å². The number of nitro groups is 1. The number of carbonyl (C=O) groups is 2. The van der Waals surface area contributed by atoms with Crippen LogP contribution in [0.3, 0.4) is 0 Å². The molecule has 0 radical (unpaired) electrons. The van der Waals surface area contributed by atoms with Gasteiger partial charge in [-0.15, -0.1) is 11.8 Å². The van der Waals surface area contributed by atoms with Gasteiger partial charge in [-0.2, -0.15) is 0 Å². The van der Waals surface area contributed by atoms with E-state index in [1.165, 1.54) is 23.9 Å². The Kier molecular flexibility index (Phi) is 7.53. The molecule has 1 N–H and O–H groups in total. The maximum absolute atomic E-state index is 11.7. The fourth-order valence-corrected chi connectivity index (χ4v) is 4.92. The fourth-order valence-electron chi connectivity index (χ4n) is 3.32. The van der Waals surface area contributed by atoms with Crippen molar-refractivity contribution in [3.8, 4) is 5.75 Å². The van der Waals surface area contributed by atoms with Crippen molar-refractivity contribution in [3.05, 3.63) is 81.6 Å². The van der Waals surface area contributed by atoms with Crippen molar-refractivity contribution in [2.45, 2.75) is 35.7 Å². The quantitative estimate of drug-likeness (QED) is 0.240. The van der Waals surface area contributed by atoms with Gasteiger partial charge in [-0.25, -0.2) is 4.98 Å². The van der Waals surface area contributed by atoms with Crippen LogP contribution >= 0.6 is 23.5 Å². The van der Waals surface area contributed by atoms with Gasteiger partial charge in [0, 0.05) is 23.4 Å². The summed E-state index contributed by atoms with van der Waals surface area (Å²) >= 11 is 2.51. The van der Waals surface area contributed by atoms with Crippen molar-refractivity contribution < 1.29 is 23.7 Å². The maximum Gasteiger partial charge on any atom is 0.286 e. The van der Waals surface area contributed by atoms with Crippen molar-refractivity contribution in [3.63, 3.8) is 0 Å². The number of imide groups is 1. The van der Waals surface area contributed by atoms with Crippen LogP contribution in [0, 0.1) is 17.0 Å². The predicted octanol–water partition coefficient (Wildman–Crippen LogP) is 4.70. The Morgan fingerprint density at radius 1 is 1.18 bits per heavy atom. The molecule has 0 aliphatic carbocycles. The van der Waals surface area contributed by atoms with E-state index in [-0.39, 0.29) is 22.1 Å². The van der Waals surface area contributed by atoms with E-state index < -0.39 is 4.92 Å². The Morgan fingerprint density at radius 3 is 2.56 bits per heavy atom.